The number of hydrogen-bond acceptors (Lipinski definition) is 3. The van der Waals surface area contributed by atoms with Gasteiger partial charge in [-0.1, -0.05) is 27.2 Å². The van der Waals surface area contributed by atoms with Gasteiger partial charge in [-0.15, -0.1) is 0 Å². The molecule has 1 aliphatic heterocycles. The maximum atomic E-state index is 11.3. The van der Waals surface area contributed by atoms with Crippen LogP contribution < -0.4 is 0 Å². The number of likely N-dealkylation sites (tertiary alicyclic amines) is 1. The van der Waals surface area contributed by atoms with Crippen molar-refractivity contribution in [3.05, 3.63) is 0 Å². The predicted molar refractivity (Wildman–Crippen MR) is 72.2 cm³/mol. The van der Waals surface area contributed by atoms with Gasteiger partial charge in [0.25, 0.3) is 0 Å². The van der Waals surface area contributed by atoms with Crippen molar-refractivity contribution < 1.29 is 4.79 Å². The van der Waals surface area contributed by atoms with E-state index in [0.717, 1.165) is 38.8 Å². The highest BCUT2D eigenvalue weighted by Gasteiger charge is 2.34. The summed E-state index contributed by atoms with van der Waals surface area (Å²) >= 11 is 0. The minimum absolute atomic E-state index is 0.157. The van der Waals surface area contributed by atoms with Crippen LogP contribution in [0.25, 0.3) is 0 Å². The number of nitrogens with zero attached hydrogens (tertiary/aromatic N) is 2. The molecule has 1 heterocycles. The molecule has 0 aromatic rings. The molecule has 1 saturated heterocycles. The summed E-state index contributed by atoms with van der Waals surface area (Å²) in [6.07, 6.45) is 3.23. The Labute approximate surface area is 106 Å². The fraction of sp³-hybridized carbons (Fsp3) is 0.929. The van der Waals surface area contributed by atoms with Crippen molar-refractivity contribution in [1.82, 2.24) is 9.80 Å². The molecule has 0 saturated carbocycles. The van der Waals surface area contributed by atoms with E-state index in [9.17, 15) is 4.79 Å². The van der Waals surface area contributed by atoms with Crippen LogP contribution in [0.1, 0.15) is 33.6 Å². The minimum Gasteiger partial charge on any atom is -0.305 e. The first kappa shape index (κ1) is 14.7. The second-order valence-corrected chi connectivity index (χ2v) is 6.22. The standard InChI is InChI=1S/C14H28N2O/c1-6-7-14(3,11-17)10-16-8-12(2)13(9-16)15(4)5/h11-13H,6-10H2,1-5H3. The summed E-state index contributed by atoms with van der Waals surface area (Å²) in [4.78, 5) is 16.0. The van der Waals surface area contributed by atoms with Gasteiger partial charge in [-0.3, -0.25) is 0 Å². The first-order valence-electron chi connectivity index (χ1n) is 6.77. The Kier molecular flexibility index (Phi) is 5.14. The van der Waals surface area contributed by atoms with E-state index in [0.29, 0.717) is 12.0 Å². The molecular weight excluding hydrogens is 212 g/mol. The van der Waals surface area contributed by atoms with E-state index in [1.54, 1.807) is 0 Å². The van der Waals surface area contributed by atoms with Crippen molar-refractivity contribution >= 4 is 6.29 Å². The first-order chi connectivity index (χ1) is 7.91. The van der Waals surface area contributed by atoms with Crippen molar-refractivity contribution in [1.29, 1.82) is 0 Å². The highest BCUT2D eigenvalue weighted by Crippen LogP contribution is 2.27. The summed E-state index contributed by atoms with van der Waals surface area (Å²) < 4.78 is 0. The van der Waals surface area contributed by atoms with Crippen LogP contribution >= 0.6 is 0 Å². The third-order valence-electron chi connectivity index (χ3n) is 4.00. The van der Waals surface area contributed by atoms with E-state index in [1.807, 2.05) is 0 Å². The maximum Gasteiger partial charge on any atom is 0.127 e. The lowest BCUT2D eigenvalue weighted by atomic mass is 9.87. The van der Waals surface area contributed by atoms with Gasteiger partial charge in [-0.2, -0.15) is 0 Å². The molecule has 3 atom stereocenters. The molecule has 3 unspecified atom stereocenters. The van der Waals surface area contributed by atoms with E-state index < -0.39 is 0 Å². The number of carbonyl (C=O) groups excluding carboxylic acids is 1. The quantitative estimate of drug-likeness (QED) is 0.662. The monoisotopic (exact) mass is 240 g/mol. The average molecular weight is 240 g/mol. The van der Waals surface area contributed by atoms with Crippen LogP contribution in [0.3, 0.4) is 0 Å². The van der Waals surface area contributed by atoms with Crippen molar-refractivity contribution in [3.63, 3.8) is 0 Å². The van der Waals surface area contributed by atoms with E-state index in [4.69, 9.17) is 0 Å². The van der Waals surface area contributed by atoms with Crippen LogP contribution in [0, 0.1) is 11.3 Å². The molecule has 3 heteroatoms. The first-order valence-corrected chi connectivity index (χ1v) is 6.77. The number of rotatable bonds is 6. The molecule has 0 aromatic carbocycles. The molecular formula is C14H28N2O. The highest BCUT2D eigenvalue weighted by molar-refractivity contribution is 5.59. The van der Waals surface area contributed by atoms with Crippen LogP contribution in [-0.2, 0) is 4.79 Å². The molecule has 0 aromatic heterocycles. The van der Waals surface area contributed by atoms with Gasteiger partial charge in [0.2, 0.25) is 0 Å². The Bertz CT molecular complexity index is 255. The Hall–Kier alpha value is -0.410. The Morgan fingerprint density at radius 3 is 2.47 bits per heavy atom. The van der Waals surface area contributed by atoms with Crippen LogP contribution in [0.15, 0.2) is 0 Å². The number of carbonyl (C=O) groups is 1. The van der Waals surface area contributed by atoms with Gasteiger partial charge >= 0.3 is 0 Å². The van der Waals surface area contributed by atoms with E-state index in [1.165, 1.54) is 0 Å². The zero-order valence-electron chi connectivity index (χ0n) is 12.1. The molecule has 0 N–H and O–H groups in total. The van der Waals surface area contributed by atoms with Gasteiger partial charge in [-0.25, -0.2) is 0 Å². The lowest BCUT2D eigenvalue weighted by Crippen LogP contribution is -2.38. The number of likely N-dealkylation sites (N-methyl/N-ethyl adjacent to an activating group) is 1. The molecule has 0 bridgehead atoms. The average Bonchev–Trinajstić information content (AvgIpc) is 2.59. The van der Waals surface area contributed by atoms with Gasteiger partial charge in [0.1, 0.15) is 6.29 Å². The summed E-state index contributed by atoms with van der Waals surface area (Å²) in [7, 11) is 4.30. The van der Waals surface area contributed by atoms with E-state index in [2.05, 4.69) is 44.7 Å². The second kappa shape index (κ2) is 5.96. The van der Waals surface area contributed by atoms with Crippen molar-refractivity contribution in [2.24, 2.45) is 11.3 Å². The largest absolute Gasteiger partial charge is 0.305 e. The summed E-state index contributed by atoms with van der Waals surface area (Å²) in [6.45, 7) is 9.69. The van der Waals surface area contributed by atoms with E-state index >= 15 is 0 Å². The fourth-order valence-corrected chi connectivity index (χ4v) is 3.11. The topological polar surface area (TPSA) is 23.6 Å². The third kappa shape index (κ3) is 3.78. The normalized spacial score (nSPS) is 29.5. The van der Waals surface area contributed by atoms with Crippen LogP contribution in [0.2, 0.25) is 0 Å². The van der Waals surface area contributed by atoms with Gasteiger partial charge in [-0.05, 0) is 26.4 Å². The Balaban J connectivity index is 2.56. The van der Waals surface area contributed by atoms with Crippen LogP contribution in [0.5, 0.6) is 0 Å². The Morgan fingerprint density at radius 2 is 2.06 bits per heavy atom. The van der Waals surface area contributed by atoms with Crippen molar-refractivity contribution in [3.8, 4) is 0 Å². The smallest absolute Gasteiger partial charge is 0.127 e. The molecule has 1 rings (SSSR count). The van der Waals surface area contributed by atoms with Gasteiger partial charge in [0, 0.05) is 31.1 Å². The van der Waals surface area contributed by atoms with Gasteiger partial charge < -0.3 is 14.6 Å². The highest BCUT2D eigenvalue weighted by atomic mass is 16.1. The molecule has 0 radical (unpaired) electrons. The predicted octanol–water partition coefficient (Wildman–Crippen LogP) is 1.87. The fourth-order valence-electron chi connectivity index (χ4n) is 3.11. The van der Waals surface area contributed by atoms with Crippen molar-refractivity contribution in [2.45, 2.75) is 39.7 Å². The number of hydrogen-bond donors (Lipinski definition) is 0. The van der Waals surface area contributed by atoms with Crippen LogP contribution in [-0.4, -0.2) is 55.9 Å². The molecule has 0 spiro atoms. The molecule has 100 valence electrons. The lowest BCUT2D eigenvalue weighted by molar-refractivity contribution is -0.116. The zero-order chi connectivity index (χ0) is 13.1. The molecule has 0 amide bonds. The molecule has 1 fully saturated rings. The Morgan fingerprint density at radius 1 is 1.41 bits per heavy atom. The van der Waals surface area contributed by atoms with Gasteiger partial charge in [0.15, 0.2) is 0 Å². The van der Waals surface area contributed by atoms with Crippen molar-refractivity contribution in [2.75, 3.05) is 33.7 Å². The van der Waals surface area contributed by atoms with Crippen LogP contribution in [0.4, 0.5) is 0 Å². The third-order valence-corrected chi connectivity index (χ3v) is 4.00. The zero-order valence-corrected chi connectivity index (χ0v) is 12.1. The summed E-state index contributed by atoms with van der Waals surface area (Å²) in [6, 6.07) is 0.632. The number of aldehydes is 1. The van der Waals surface area contributed by atoms with Gasteiger partial charge in [0.05, 0.1) is 0 Å². The lowest BCUT2D eigenvalue weighted by Gasteiger charge is -2.29. The summed E-state index contributed by atoms with van der Waals surface area (Å²) in [5.74, 6) is 0.697. The molecule has 3 nitrogen and oxygen atoms in total. The summed E-state index contributed by atoms with van der Waals surface area (Å²) in [5.41, 5.74) is -0.157. The SMILES string of the molecule is CCCC(C)(C=O)CN1CC(C)C(N(C)C)C1. The molecule has 0 aliphatic carbocycles. The molecule has 17 heavy (non-hydrogen) atoms. The van der Waals surface area contributed by atoms with E-state index in [-0.39, 0.29) is 5.41 Å². The minimum atomic E-state index is -0.157. The molecule has 1 aliphatic rings. The summed E-state index contributed by atoms with van der Waals surface area (Å²) in [5, 5.41) is 0. The maximum absolute atomic E-state index is 11.3. The second-order valence-electron chi connectivity index (χ2n) is 6.22.